The van der Waals surface area contributed by atoms with Crippen molar-refractivity contribution in [2.45, 2.75) is 87.9 Å². The van der Waals surface area contributed by atoms with Gasteiger partial charge in [0.1, 0.15) is 24.1 Å². The molecule has 0 atom stereocenters. The molecule has 3 fully saturated rings. The minimum Gasteiger partial charge on any atom is -0.462 e. The van der Waals surface area contributed by atoms with Gasteiger partial charge in [-0.1, -0.05) is 127 Å². The summed E-state index contributed by atoms with van der Waals surface area (Å²) in [5.41, 5.74) is 6.23. The second-order valence-electron chi connectivity index (χ2n) is 23.2. The van der Waals surface area contributed by atoms with Crippen LogP contribution in [-0.2, 0) is 45.0 Å². The van der Waals surface area contributed by atoms with E-state index in [1.165, 1.54) is 41.5 Å². The second-order valence-corrected chi connectivity index (χ2v) is 23.2. The van der Waals surface area contributed by atoms with Crippen LogP contribution < -0.4 is 15.1 Å². The summed E-state index contributed by atoms with van der Waals surface area (Å²) in [6.07, 6.45) is 16.5. The first kappa shape index (κ1) is 65.8. The van der Waals surface area contributed by atoms with Gasteiger partial charge < -0.3 is 29.7 Å². The average Bonchev–Trinajstić information content (AvgIpc) is 1.63. The number of benzene rings is 5. The molecule has 2 N–H and O–H groups in total. The van der Waals surface area contributed by atoms with Crippen LogP contribution in [0.3, 0.4) is 0 Å². The number of hydrogen-bond acceptors (Lipinski definition) is 15. The SMILES string of the molecule is CCOC(=O)c1cnc(CC2(c3ccccc3)CCN(C(=O)N(C)c3ccccc3)CC2)nc1.CCOC(=O)c1cnc(CC2(c3ccccc3)CCNCC2)nc1.CN(C(=O)N1CCC(Cc2ncc(C(=O)CO)cn2)(c2ccccc2)CC1)c1ccccc1. The summed E-state index contributed by atoms with van der Waals surface area (Å²) in [4.78, 5) is 95.4. The van der Waals surface area contributed by atoms with Gasteiger partial charge in [-0.15, -0.1) is 0 Å². The molecule has 0 saturated carbocycles. The molecule has 472 valence electrons. The Morgan fingerprint density at radius 1 is 0.440 bits per heavy atom. The summed E-state index contributed by atoms with van der Waals surface area (Å²) < 4.78 is 10.0. The van der Waals surface area contributed by atoms with Crippen molar-refractivity contribution in [1.82, 2.24) is 45.0 Å². The van der Waals surface area contributed by atoms with Gasteiger partial charge in [0.2, 0.25) is 0 Å². The lowest BCUT2D eigenvalue weighted by atomic mass is 9.70. The number of aromatic nitrogens is 6. The Labute approximate surface area is 533 Å². The zero-order valence-corrected chi connectivity index (χ0v) is 52.4. The zero-order valence-electron chi connectivity index (χ0n) is 52.4. The highest BCUT2D eigenvalue weighted by molar-refractivity contribution is 5.96. The van der Waals surface area contributed by atoms with Crippen molar-refractivity contribution in [3.63, 3.8) is 0 Å². The molecule has 19 heteroatoms. The number of Topliss-reactive ketones (excluding diaryl/α,β-unsaturated/α-hetero) is 1. The molecule has 5 aromatic carbocycles. The lowest BCUT2D eigenvalue weighted by Gasteiger charge is -2.43. The highest BCUT2D eigenvalue weighted by atomic mass is 16.5. The van der Waals surface area contributed by atoms with E-state index in [9.17, 15) is 24.0 Å². The molecule has 3 aromatic heterocycles. The second kappa shape index (κ2) is 31.7. The fraction of sp³-hybridized carbons (Fsp3) is 0.347. The van der Waals surface area contributed by atoms with Crippen LogP contribution in [0.1, 0.15) is 118 Å². The smallest absolute Gasteiger partial charge is 0.341 e. The van der Waals surface area contributed by atoms with Crippen LogP contribution in [0.4, 0.5) is 21.0 Å². The van der Waals surface area contributed by atoms with Crippen molar-refractivity contribution in [3.8, 4) is 0 Å². The number of aliphatic hydroxyl groups is 1. The molecule has 0 bridgehead atoms. The number of nitrogens with zero attached hydrogens (tertiary/aromatic N) is 10. The molecule has 0 radical (unpaired) electrons. The highest BCUT2D eigenvalue weighted by Gasteiger charge is 2.41. The van der Waals surface area contributed by atoms with Crippen LogP contribution in [0.5, 0.6) is 0 Å². The molecule has 3 saturated heterocycles. The lowest BCUT2D eigenvalue weighted by molar-refractivity contribution is 0.0515. The average molecular weight is 1230 g/mol. The molecular formula is C72H81N11O8. The third kappa shape index (κ3) is 16.8. The van der Waals surface area contributed by atoms with Crippen molar-refractivity contribution in [2.24, 2.45) is 0 Å². The maximum absolute atomic E-state index is 13.1. The summed E-state index contributed by atoms with van der Waals surface area (Å²) in [6, 6.07) is 50.6. The number of ketones is 1. The van der Waals surface area contributed by atoms with Gasteiger partial charge in [-0.2, -0.15) is 0 Å². The Kier molecular flexibility index (Phi) is 23.0. The number of rotatable bonds is 17. The molecule has 4 amide bonds. The van der Waals surface area contributed by atoms with E-state index in [0.29, 0.717) is 80.6 Å². The third-order valence-electron chi connectivity index (χ3n) is 17.7. The number of ether oxygens (including phenoxy) is 2. The number of esters is 2. The number of aliphatic hydroxyl groups excluding tert-OH is 1. The fourth-order valence-electron chi connectivity index (χ4n) is 12.3. The predicted octanol–water partition coefficient (Wildman–Crippen LogP) is 10.5. The number of piperidine rings is 3. The monoisotopic (exact) mass is 1230 g/mol. The Morgan fingerprint density at radius 2 is 0.725 bits per heavy atom. The maximum atomic E-state index is 13.1. The van der Waals surface area contributed by atoms with E-state index in [1.807, 2.05) is 120 Å². The van der Waals surface area contributed by atoms with Crippen LogP contribution >= 0.6 is 0 Å². The molecule has 0 unspecified atom stereocenters. The largest absolute Gasteiger partial charge is 0.462 e. The Bertz CT molecular complexity index is 3590. The van der Waals surface area contributed by atoms with Crippen molar-refractivity contribution >= 4 is 41.2 Å². The van der Waals surface area contributed by atoms with Gasteiger partial charge >= 0.3 is 24.0 Å². The number of hydrogen-bond donors (Lipinski definition) is 2. The Balaban J connectivity index is 0.000000164. The molecule has 3 aliphatic rings. The van der Waals surface area contributed by atoms with Crippen molar-refractivity contribution < 1.29 is 38.6 Å². The Hall–Kier alpha value is -9.59. The molecule has 0 spiro atoms. The van der Waals surface area contributed by atoms with Crippen LogP contribution in [-0.4, -0.2) is 148 Å². The first-order valence-electron chi connectivity index (χ1n) is 31.2. The molecule has 0 aliphatic carbocycles. The van der Waals surface area contributed by atoms with Crippen LogP contribution in [0, 0.1) is 0 Å². The van der Waals surface area contributed by atoms with Crippen molar-refractivity contribution in [2.75, 3.05) is 83.0 Å². The minimum absolute atomic E-state index is 0.00269. The minimum atomic E-state index is -0.558. The number of para-hydroxylation sites is 2. The van der Waals surface area contributed by atoms with Gasteiger partial charge in [-0.25, -0.2) is 49.1 Å². The fourth-order valence-corrected chi connectivity index (χ4v) is 12.3. The van der Waals surface area contributed by atoms with Gasteiger partial charge in [0.05, 0.1) is 29.9 Å². The first-order chi connectivity index (χ1) is 44.3. The normalized spacial score (nSPS) is 15.4. The number of urea groups is 2. The number of nitrogens with one attached hydrogen (secondary N) is 1. The summed E-state index contributed by atoms with van der Waals surface area (Å²) in [5.74, 6) is 0.917. The van der Waals surface area contributed by atoms with E-state index < -0.39 is 18.4 Å². The molecular weight excluding hydrogens is 1150 g/mol. The molecule has 11 rings (SSSR count). The first-order valence-corrected chi connectivity index (χ1v) is 31.2. The van der Waals surface area contributed by atoms with Gasteiger partial charge in [0.25, 0.3) is 0 Å². The molecule has 19 nitrogen and oxygen atoms in total. The number of amides is 4. The van der Waals surface area contributed by atoms with Crippen LogP contribution in [0.2, 0.25) is 0 Å². The number of anilines is 2. The van der Waals surface area contributed by atoms with Gasteiger partial charge in [0, 0.05) is 124 Å². The van der Waals surface area contributed by atoms with E-state index in [0.717, 1.165) is 75.2 Å². The van der Waals surface area contributed by atoms with E-state index in [1.54, 1.807) is 43.1 Å². The summed E-state index contributed by atoms with van der Waals surface area (Å²) >= 11 is 0. The summed E-state index contributed by atoms with van der Waals surface area (Å²) in [6.45, 7) is 8.20. The van der Waals surface area contributed by atoms with E-state index in [4.69, 9.17) is 14.6 Å². The standard InChI is InChI=1S/C27H30N4O3.C26H28N4O3.C19H23N3O2/c1-3-34-25(32)21-19-28-24(29-20-21)18-27(22-10-6-4-7-11-22)14-16-31(17-15-27)26(33)30(2)23-12-8-5-9-13-23;1-29(22-10-6-3-7-11-22)25(33)30-14-12-26(13-15-30,21-8-4-2-5-9-21)16-24-27-17-20(18-28-24)23(32)19-31;1-2-24-18(23)15-13-21-17(22-14-15)12-19(8-10-20-11-9-19)16-6-4-3-5-7-16/h4-13,19-20H,3,14-18H2,1-2H3;2-11,17-18,31H,12-16,19H2,1H3;3-7,13-14,20H,2,8-12H2,1H3. The van der Waals surface area contributed by atoms with Crippen LogP contribution in [0.25, 0.3) is 0 Å². The highest BCUT2D eigenvalue weighted by Crippen LogP contribution is 2.41. The molecule has 91 heavy (non-hydrogen) atoms. The van der Waals surface area contributed by atoms with Gasteiger partial charge in [0.15, 0.2) is 5.78 Å². The maximum Gasteiger partial charge on any atom is 0.341 e. The summed E-state index contributed by atoms with van der Waals surface area (Å²) in [5, 5.41) is 12.5. The number of carbonyl (C=O) groups is 5. The Morgan fingerprint density at radius 3 is 1.02 bits per heavy atom. The van der Waals surface area contributed by atoms with E-state index in [2.05, 4.69) is 83.8 Å². The van der Waals surface area contributed by atoms with Crippen molar-refractivity contribution in [3.05, 3.63) is 240 Å². The lowest BCUT2D eigenvalue weighted by Crippen LogP contribution is -2.50. The van der Waals surface area contributed by atoms with Gasteiger partial charge in [-0.3, -0.25) is 14.6 Å². The topological polar surface area (TPSA) is 226 Å². The number of likely N-dealkylation sites (tertiary alicyclic amines) is 2. The van der Waals surface area contributed by atoms with E-state index in [-0.39, 0.29) is 34.3 Å². The third-order valence-corrected chi connectivity index (χ3v) is 17.7. The van der Waals surface area contributed by atoms with Crippen LogP contribution in [0.15, 0.2) is 189 Å². The van der Waals surface area contributed by atoms with Crippen molar-refractivity contribution in [1.29, 1.82) is 0 Å². The zero-order chi connectivity index (χ0) is 64.1. The molecule has 6 heterocycles. The number of carbonyl (C=O) groups excluding carboxylic acids is 5. The predicted molar refractivity (Wildman–Crippen MR) is 349 cm³/mol. The summed E-state index contributed by atoms with van der Waals surface area (Å²) in [7, 11) is 3.62. The molecule has 3 aliphatic heterocycles. The van der Waals surface area contributed by atoms with Gasteiger partial charge in [-0.05, 0) is 106 Å². The molecule has 8 aromatic rings. The van der Waals surface area contributed by atoms with E-state index >= 15 is 0 Å². The quantitative estimate of drug-likeness (QED) is 0.0639.